The number of piperidine rings is 1. The van der Waals surface area contributed by atoms with Gasteiger partial charge >= 0.3 is 5.97 Å². The zero-order valence-corrected chi connectivity index (χ0v) is 17.8. The van der Waals surface area contributed by atoms with Gasteiger partial charge in [0, 0.05) is 13.1 Å². The van der Waals surface area contributed by atoms with Gasteiger partial charge in [-0.25, -0.2) is 8.42 Å². The van der Waals surface area contributed by atoms with Gasteiger partial charge in [0.05, 0.1) is 4.90 Å². The quantitative estimate of drug-likeness (QED) is 0.696. The van der Waals surface area contributed by atoms with Crippen molar-refractivity contribution in [3.8, 4) is 0 Å². The normalized spacial score (nSPS) is 17.2. The Labute approximate surface area is 167 Å². The lowest BCUT2D eigenvalue weighted by Gasteiger charge is -2.30. The molecular formula is C20H30N2O5S. The number of amides is 1. The predicted octanol–water partition coefficient (Wildman–Crippen LogP) is 2.24. The van der Waals surface area contributed by atoms with Crippen molar-refractivity contribution in [1.29, 1.82) is 0 Å². The second-order valence-corrected chi connectivity index (χ2v) is 9.34. The van der Waals surface area contributed by atoms with Crippen molar-refractivity contribution < 1.29 is 22.7 Å². The maximum absolute atomic E-state index is 12.6. The smallest absolute Gasteiger partial charge is 0.325 e. The average Bonchev–Trinajstić information content (AvgIpc) is 2.66. The van der Waals surface area contributed by atoms with Gasteiger partial charge in [0.2, 0.25) is 10.0 Å². The number of sulfonamides is 1. The van der Waals surface area contributed by atoms with Crippen molar-refractivity contribution in [3.05, 3.63) is 29.8 Å². The number of likely N-dealkylation sites (tertiary alicyclic amines) is 1. The van der Waals surface area contributed by atoms with E-state index < -0.39 is 28.1 Å². The van der Waals surface area contributed by atoms with Crippen LogP contribution in [-0.2, 0) is 24.3 Å². The van der Waals surface area contributed by atoms with Crippen LogP contribution in [0, 0.1) is 12.8 Å². The number of esters is 1. The first-order valence-corrected chi connectivity index (χ1v) is 11.2. The zero-order chi connectivity index (χ0) is 20.9. The van der Waals surface area contributed by atoms with E-state index >= 15 is 0 Å². The Morgan fingerprint density at radius 1 is 1.04 bits per heavy atom. The summed E-state index contributed by atoms with van der Waals surface area (Å²) >= 11 is 0. The van der Waals surface area contributed by atoms with Gasteiger partial charge < -0.3 is 9.64 Å². The van der Waals surface area contributed by atoms with E-state index in [1.54, 1.807) is 30.9 Å². The summed E-state index contributed by atoms with van der Waals surface area (Å²) in [6, 6.07) is 5.28. The summed E-state index contributed by atoms with van der Waals surface area (Å²) in [6.45, 7) is 8.16. The standard InChI is InChI=1S/C20H30N2O5S/c1-14(2)18(21-28(25,26)17-10-8-15(3)9-11-17)20(24)27-16(4)19(23)22-12-6-5-7-13-22/h8-11,14,16,18,21H,5-7,12-13H2,1-4H3/t16-,18-/m1/s1. The van der Waals surface area contributed by atoms with Crippen molar-refractivity contribution in [1.82, 2.24) is 9.62 Å². The second-order valence-electron chi connectivity index (χ2n) is 7.62. The van der Waals surface area contributed by atoms with E-state index in [1.165, 1.54) is 19.1 Å². The summed E-state index contributed by atoms with van der Waals surface area (Å²) in [5.41, 5.74) is 0.934. The third-order valence-electron chi connectivity index (χ3n) is 4.84. The number of hydrogen-bond acceptors (Lipinski definition) is 5. The molecule has 0 unspecified atom stereocenters. The van der Waals surface area contributed by atoms with Crippen LogP contribution >= 0.6 is 0 Å². The highest BCUT2D eigenvalue weighted by Gasteiger charge is 2.33. The number of nitrogens with one attached hydrogen (secondary N) is 1. The summed E-state index contributed by atoms with van der Waals surface area (Å²) in [6.07, 6.45) is 2.03. The Morgan fingerprint density at radius 2 is 1.61 bits per heavy atom. The molecule has 0 bridgehead atoms. The van der Waals surface area contributed by atoms with Gasteiger partial charge in [-0.05, 0) is 51.2 Å². The molecule has 1 aliphatic rings. The summed E-state index contributed by atoms with van der Waals surface area (Å²) in [4.78, 5) is 26.9. The van der Waals surface area contributed by atoms with E-state index in [1.807, 2.05) is 6.92 Å². The fourth-order valence-electron chi connectivity index (χ4n) is 3.08. The SMILES string of the molecule is Cc1ccc(S(=O)(=O)N[C@@H](C(=O)O[C@H](C)C(=O)N2CCCCC2)C(C)C)cc1. The molecule has 1 heterocycles. The van der Waals surface area contributed by atoms with Crippen LogP contribution in [0.5, 0.6) is 0 Å². The molecule has 1 aliphatic heterocycles. The zero-order valence-electron chi connectivity index (χ0n) is 17.0. The van der Waals surface area contributed by atoms with Crippen molar-refractivity contribution in [3.63, 3.8) is 0 Å². The van der Waals surface area contributed by atoms with E-state index in [9.17, 15) is 18.0 Å². The Balaban J connectivity index is 2.06. The summed E-state index contributed by atoms with van der Waals surface area (Å²) in [7, 11) is -3.89. The summed E-state index contributed by atoms with van der Waals surface area (Å²) in [5.74, 6) is -1.33. The van der Waals surface area contributed by atoms with E-state index in [0.717, 1.165) is 24.8 Å². The second kappa shape index (κ2) is 9.52. The minimum Gasteiger partial charge on any atom is -0.451 e. The average molecular weight is 411 g/mol. The molecule has 1 aromatic carbocycles. The third kappa shape index (κ3) is 5.78. The molecule has 1 amide bonds. The lowest BCUT2D eigenvalue weighted by atomic mass is 10.1. The van der Waals surface area contributed by atoms with Crippen LogP contribution < -0.4 is 4.72 Å². The minimum atomic E-state index is -3.89. The molecular weight excluding hydrogens is 380 g/mol. The highest BCUT2D eigenvalue weighted by Crippen LogP contribution is 2.16. The van der Waals surface area contributed by atoms with E-state index in [2.05, 4.69) is 4.72 Å². The first-order valence-electron chi connectivity index (χ1n) is 9.70. The van der Waals surface area contributed by atoms with Crippen molar-refractivity contribution in [2.24, 2.45) is 5.92 Å². The molecule has 0 saturated carbocycles. The Kier molecular flexibility index (Phi) is 7.60. The van der Waals surface area contributed by atoms with Crippen LogP contribution in [0.1, 0.15) is 45.6 Å². The van der Waals surface area contributed by atoms with Crippen molar-refractivity contribution in [2.45, 2.75) is 64.0 Å². The molecule has 7 nitrogen and oxygen atoms in total. The summed E-state index contributed by atoms with van der Waals surface area (Å²) < 4.78 is 33.0. The predicted molar refractivity (Wildman–Crippen MR) is 106 cm³/mol. The lowest BCUT2D eigenvalue weighted by Crippen LogP contribution is -2.48. The van der Waals surface area contributed by atoms with Gasteiger partial charge in [0.15, 0.2) is 6.10 Å². The van der Waals surface area contributed by atoms with Gasteiger partial charge in [-0.15, -0.1) is 0 Å². The first kappa shape index (κ1) is 22.4. The highest BCUT2D eigenvalue weighted by atomic mass is 32.2. The van der Waals surface area contributed by atoms with Crippen LogP contribution in [0.25, 0.3) is 0 Å². The number of nitrogens with zero attached hydrogens (tertiary/aromatic N) is 1. The number of aryl methyl sites for hydroxylation is 1. The van der Waals surface area contributed by atoms with Crippen molar-refractivity contribution >= 4 is 21.9 Å². The molecule has 8 heteroatoms. The topological polar surface area (TPSA) is 92.8 Å². The van der Waals surface area contributed by atoms with Crippen LogP contribution in [0.15, 0.2) is 29.2 Å². The molecule has 0 aromatic heterocycles. The fourth-order valence-corrected chi connectivity index (χ4v) is 4.41. The maximum Gasteiger partial charge on any atom is 0.325 e. The minimum absolute atomic E-state index is 0.0778. The molecule has 28 heavy (non-hydrogen) atoms. The Bertz CT molecular complexity index is 783. The van der Waals surface area contributed by atoms with Gasteiger partial charge in [0.1, 0.15) is 6.04 Å². The van der Waals surface area contributed by atoms with Gasteiger partial charge in [-0.1, -0.05) is 31.5 Å². The lowest BCUT2D eigenvalue weighted by molar-refractivity contribution is -0.161. The van der Waals surface area contributed by atoms with Crippen molar-refractivity contribution in [2.75, 3.05) is 13.1 Å². The molecule has 156 valence electrons. The van der Waals surface area contributed by atoms with Crippen LogP contribution in [0.3, 0.4) is 0 Å². The number of rotatable bonds is 7. The number of hydrogen-bond donors (Lipinski definition) is 1. The molecule has 1 aromatic rings. The van der Waals surface area contributed by atoms with Crippen LogP contribution in [0.4, 0.5) is 0 Å². The summed E-state index contributed by atoms with van der Waals surface area (Å²) in [5, 5.41) is 0. The van der Waals surface area contributed by atoms with Gasteiger partial charge in [-0.2, -0.15) is 4.72 Å². The molecule has 2 rings (SSSR count). The molecule has 1 fully saturated rings. The molecule has 0 radical (unpaired) electrons. The number of carbonyl (C=O) groups is 2. The largest absolute Gasteiger partial charge is 0.451 e. The molecule has 1 N–H and O–H groups in total. The number of ether oxygens (including phenoxy) is 1. The maximum atomic E-state index is 12.6. The Hall–Kier alpha value is -1.93. The number of benzene rings is 1. The van der Waals surface area contributed by atoms with Gasteiger partial charge in [-0.3, -0.25) is 9.59 Å². The van der Waals surface area contributed by atoms with E-state index in [4.69, 9.17) is 4.74 Å². The van der Waals surface area contributed by atoms with E-state index in [0.29, 0.717) is 13.1 Å². The third-order valence-corrected chi connectivity index (χ3v) is 6.30. The molecule has 0 aliphatic carbocycles. The molecule has 1 saturated heterocycles. The Morgan fingerprint density at radius 3 is 2.14 bits per heavy atom. The highest BCUT2D eigenvalue weighted by molar-refractivity contribution is 7.89. The first-order chi connectivity index (χ1) is 13.1. The fraction of sp³-hybridized carbons (Fsp3) is 0.600. The van der Waals surface area contributed by atoms with Crippen LogP contribution in [-0.4, -0.2) is 50.4 Å². The van der Waals surface area contributed by atoms with Gasteiger partial charge in [0.25, 0.3) is 5.91 Å². The van der Waals surface area contributed by atoms with E-state index in [-0.39, 0.29) is 16.7 Å². The molecule has 0 spiro atoms. The monoisotopic (exact) mass is 410 g/mol. The number of carbonyl (C=O) groups excluding carboxylic acids is 2. The molecule has 2 atom stereocenters. The van der Waals surface area contributed by atoms with Crippen LogP contribution in [0.2, 0.25) is 0 Å².